The summed E-state index contributed by atoms with van der Waals surface area (Å²) < 4.78 is 22.4. The molecule has 33 heavy (non-hydrogen) atoms. The molecule has 0 N–H and O–H groups in total. The topological polar surface area (TPSA) is 53.1 Å². The van der Waals surface area contributed by atoms with Gasteiger partial charge in [-0.05, 0) is 55.7 Å². The van der Waals surface area contributed by atoms with E-state index in [4.69, 9.17) is 18.9 Å². The lowest BCUT2D eigenvalue weighted by atomic mass is 10.0. The van der Waals surface area contributed by atoms with Gasteiger partial charge in [0.05, 0.1) is 27.0 Å². The Kier molecular flexibility index (Phi) is 7.35. The highest BCUT2D eigenvalue weighted by Crippen LogP contribution is 2.38. The highest BCUT2D eigenvalue weighted by atomic mass is 16.5. The molecule has 174 valence electrons. The third-order valence-corrected chi connectivity index (χ3v) is 6.21. The minimum absolute atomic E-state index is 0.409. The van der Waals surface area contributed by atoms with Crippen LogP contribution in [0.4, 0.5) is 0 Å². The number of aryl methyl sites for hydroxylation is 1. The summed E-state index contributed by atoms with van der Waals surface area (Å²) in [6.07, 6.45) is 2.09. The summed E-state index contributed by atoms with van der Waals surface area (Å²) in [5.41, 5.74) is 4.27. The van der Waals surface area contributed by atoms with Crippen LogP contribution in [0.1, 0.15) is 24.5 Å². The van der Waals surface area contributed by atoms with Gasteiger partial charge in [-0.2, -0.15) is 0 Å². The molecule has 0 saturated carbocycles. The molecule has 1 aliphatic heterocycles. The number of hydrogen-bond donors (Lipinski definition) is 0. The first kappa shape index (κ1) is 22.9. The number of hydrogen-bond acceptors (Lipinski definition) is 6. The normalized spacial score (nSPS) is 14.5. The molecule has 1 unspecified atom stereocenters. The zero-order valence-electron chi connectivity index (χ0n) is 19.8. The van der Waals surface area contributed by atoms with Crippen LogP contribution in [0.15, 0.2) is 54.6 Å². The maximum Gasteiger partial charge on any atom is 0.213 e. The molecule has 0 aliphatic carbocycles. The molecule has 1 atom stereocenters. The number of aromatic nitrogens is 1. The maximum atomic E-state index is 6.15. The van der Waals surface area contributed by atoms with Crippen LogP contribution in [0.3, 0.4) is 0 Å². The van der Waals surface area contributed by atoms with Crippen molar-refractivity contribution in [2.75, 3.05) is 34.5 Å². The molecule has 4 rings (SSSR count). The van der Waals surface area contributed by atoms with Gasteiger partial charge >= 0.3 is 0 Å². The van der Waals surface area contributed by atoms with Crippen LogP contribution in [0.25, 0.3) is 11.3 Å². The van der Waals surface area contributed by atoms with E-state index in [2.05, 4.69) is 35.0 Å². The zero-order valence-corrected chi connectivity index (χ0v) is 19.8. The van der Waals surface area contributed by atoms with Crippen LogP contribution in [-0.2, 0) is 13.0 Å². The van der Waals surface area contributed by atoms with Crippen molar-refractivity contribution >= 4 is 0 Å². The summed E-state index contributed by atoms with van der Waals surface area (Å²) in [6, 6.07) is 18.7. The number of benzene rings is 2. The summed E-state index contributed by atoms with van der Waals surface area (Å²) in [5, 5.41) is 0. The van der Waals surface area contributed by atoms with Gasteiger partial charge < -0.3 is 18.9 Å². The fraction of sp³-hybridized carbons (Fsp3) is 0.370. The number of rotatable bonds is 8. The number of pyridine rings is 1. The van der Waals surface area contributed by atoms with E-state index in [0.29, 0.717) is 18.5 Å². The van der Waals surface area contributed by atoms with Crippen molar-refractivity contribution in [2.45, 2.75) is 32.4 Å². The van der Waals surface area contributed by atoms with E-state index in [1.807, 2.05) is 36.4 Å². The van der Waals surface area contributed by atoms with Gasteiger partial charge in [-0.1, -0.05) is 18.2 Å². The Morgan fingerprint density at radius 1 is 1.00 bits per heavy atom. The second kappa shape index (κ2) is 10.6. The van der Waals surface area contributed by atoms with E-state index in [1.165, 1.54) is 5.56 Å². The molecular weight excluding hydrogens is 416 g/mol. The van der Waals surface area contributed by atoms with Crippen molar-refractivity contribution in [2.24, 2.45) is 0 Å². The molecule has 6 nitrogen and oxygen atoms in total. The first-order valence-corrected chi connectivity index (χ1v) is 11.3. The second-order valence-electron chi connectivity index (χ2n) is 8.29. The Morgan fingerprint density at radius 3 is 2.55 bits per heavy atom. The lowest BCUT2D eigenvalue weighted by Crippen LogP contribution is -2.34. The van der Waals surface area contributed by atoms with E-state index in [1.54, 1.807) is 21.3 Å². The zero-order chi connectivity index (χ0) is 23.2. The third kappa shape index (κ3) is 5.40. The lowest BCUT2D eigenvalue weighted by molar-refractivity contribution is 0.171. The van der Waals surface area contributed by atoms with E-state index in [0.717, 1.165) is 60.0 Å². The minimum atomic E-state index is 0.409. The van der Waals surface area contributed by atoms with Gasteiger partial charge in [0.15, 0.2) is 11.5 Å². The van der Waals surface area contributed by atoms with Crippen LogP contribution in [0.5, 0.6) is 23.1 Å². The van der Waals surface area contributed by atoms with Gasteiger partial charge in [-0.3, -0.25) is 4.90 Å². The number of methoxy groups -OCH3 is 3. The molecule has 1 aliphatic rings. The molecule has 2 aromatic carbocycles. The molecule has 1 aromatic heterocycles. The SMILES string of the molecule is COc1ccc(CCC(C)N2CCOc3c(cc(-c4cccc(OC)n4)cc3OC)C2)cc1. The Hall–Kier alpha value is -3.25. The fourth-order valence-corrected chi connectivity index (χ4v) is 4.22. The third-order valence-electron chi connectivity index (χ3n) is 6.21. The average molecular weight is 449 g/mol. The standard InChI is InChI=1S/C27H32N2O4/c1-19(8-9-20-10-12-23(30-2)13-11-20)29-14-15-33-27-22(18-29)16-21(17-25(27)31-3)24-6-5-7-26(28-24)32-4/h5-7,10-13,16-17,19H,8-9,14-15,18H2,1-4H3. The molecule has 0 bridgehead atoms. The van der Waals surface area contributed by atoms with Crippen molar-refractivity contribution in [1.82, 2.24) is 9.88 Å². The van der Waals surface area contributed by atoms with Crippen LogP contribution >= 0.6 is 0 Å². The van der Waals surface area contributed by atoms with Crippen LogP contribution in [0, 0.1) is 0 Å². The smallest absolute Gasteiger partial charge is 0.213 e. The molecule has 0 saturated heterocycles. The van der Waals surface area contributed by atoms with E-state index in [-0.39, 0.29) is 0 Å². The summed E-state index contributed by atoms with van der Waals surface area (Å²) in [4.78, 5) is 7.08. The van der Waals surface area contributed by atoms with E-state index < -0.39 is 0 Å². The van der Waals surface area contributed by atoms with Crippen LogP contribution < -0.4 is 18.9 Å². The molecule has 0 fully saturated rings. The van der Waals surface area contributed by atoms with Crippen molar-refractivity contribution in [3.05, 3.63) is 65.7 Å². The van der Waals surface area contributed by atoms with Crippen LogP contribution in [-0.4, -0.2) is 50.4 Å². The molecule has 2 heterocycles. The van der Waals surface area contributed by atoms with Gasteiger partial charge in [0.2, 0.25) is 5.88 Å². The van der Waals surface area contributed by atoms with Gasteiger partial charge in [0.25, 0.3) is 0 Å². The Labute approximate surface area is 196 Å². The summed E-state index contributed by atoms with van der Waals surface area (Å²) in [7, 11) is 5.01. The highest BCUT2D eigenvalue weighted by molar-refractivity contribution is 5.67. The van der Waals surface area contributed by atoms with Gasteiger partial charge in [0.1, 0.15) is 12.4 Å². The molecular formula is C27H32N2O4. The number of nitrogens with zero attached hydrogens (tertiary/aromatic N) is 2. The predicted molar refractivity (Wildman–Crippen MR) is 129 cm³/mol. The van der Waals surface area contributed by atoms with E-state index >= 15 is 0 Å². The highest BCUT2D eigenvalue weighted by Gasteiger charge is 2.23. The van der Waals surface area contributed by atoms with Gasteiger partial charge in [0, 0.05) is 36.3 Å². The monoisotopic (exact) mass is 448 g/mol. The Balaban J connectivity index is 1.53. The Morgan fingerprint density at radius 2 is 1.82 bits per heavy atom. The molecule has 0 amide bonds. The van der Waals surface area contributed by atoms with Crippen molar-refractivity contribution in [3.8, 4) is 34.4 Å². The quantitative estimate of drug-likeness (QED) is 0.484. The number of fused-ring (bicyclic) bond motifs is 1. The van der Waals surface area contributed by atoms with Gasteiger partial charge in [-0.15, -0.1) is 0 Å². The summed E-state index contributed by atoms with van der Waals surface area (Å²) in [6.45, 7) is 4.59. The molecule has 6 heteroatoms. The predicted octanol–water partition coefficient (Wildman–Crippen LogP) is 4.99. The second-order valence-corrected chi connectivity index (χ2v) is 8.29. The molecule has 0 radical (unpaired) electrons. The first-order chi connectivity index (χ1) is 16.1. The van der Waals surface area contributed by atoms with Crippen molar-refractivity contribution in [3.63, 3.8) is 0 Å². The maximum absolute atomic E-state index is 6.15. The van der Waals surface area contributed by atoms with Crippen molar-refractivity contribution < 1.29 is 18.9 Å². The Bertz CT molecular complexity index is 1070. The fourth-order valence-electron chi connectivity index (χ4n) is 4.22. The molecule has 3 aromatic rings. The summed E-state index contributed by atoms with van der Waals surface area (Å²) >= 11 is 0. The van der Waals surface area contributed by atoms with Crippen molar-refractivity contribution in [1.29, 1.82) is 0 Å². The summed E-state index contributed by atoms with van der Waals surface area (Å²) in [5.74, 6) is 3.05. The van der Waals surface area contributed by atoms with E-state index in [9.17, 15) is 0 Å². The molecule has 0 spiro atoms. The first-order valence-electron chi connectivity index (χ1n) is 11.3. The average Bonchev–Trinajstić information content (AvgIpc) is 3.09. The minimum Gasteiger partial charge on any atom is -0.497 e. The lowest BCUT2D eigenvalue weighted by Gasteiger charge is -2.27. The largest absolute Gasteiger partial charge is 0.497 e. The number of ether oxygens (including phenoxy) is 4. The van der Waals surface area contributed by atoms with Gasteiger partial charge in [-0.25, -0.2) is 4.98 Å². The van der Waals surface area contributed by atoms with Crippen LogP contribution in [0.2, 0.25) is 0 Å².